The fourth-order valence-corrected chi connectivity index (χ4v) is 3.11. The van der Waals surface area contributed by atoms with Gasteiger partial charge in [0, 0.05) is 13.8 Å². The molecule has 2 rings (SSSR count). The van der Waals surface area contributed by atoms with Gasteiger partial charge in [0.25, 0.3) is 10.1 Å². The number of esters is 2. The van der Waals surface area contributed by atoms with Gasteiger partial charge in [0.15, 0.2) is 30.4 Å². The van der Waals surface area contributed by atoms with Crippen molar-refractivity contribution in [1.29, 1.82) is 0 Å². The highest BCUT2D eigenvalue weighted by Gasteiger charge is 2.59. The minimum Gasteiger partial charge on any atom is -0.457 e. The lowest BCUT2D eigenvalue weighted by molar-refractivity contribution is -0.233. The van der Waals surface area contributed by atoms with E-state index >= 15 is 0 Å². The van der Waals surface area contributed by atoms with Crippen molar-refractivity contribution in [2.24, 2.45) is 0 Å². The first-order valence-electron chi connectivity index (χ1n) is 7.58. The summed E-state index contributed by atoms with van der Waals surface area (Å²) in [6, 6.07) is 0. The Balaban J connectivity index is 2.22. The Hall–Kier alpha value is -1.27. The minimum atomic E-state index is -3.78. The van der Waals surface area contributed by atoms with E-state index in [1.807, 2.05) is 0 Å². The molecule has 0 bridgehead atoms. The van der Waals surface area contributed by atoms with Gasteiger partial charge in [-0.3, -0.25) is 13.8 Å². The molecule has 0 N–H and O–H groups in total. The van der Waals surface area contributed by atoms with Crippen molar-refractivity contribution in [2.75, 3.05) is 12.9 Å². The summed E-state index contributed by atoms with van der Waals surface area (Å²) in [6.45, 7) is 5.21. The first kappa shape index (κ1) is 20.0. The predicted octanol–water partition coefficient (Wildman–Crippen LogP) is -0.298. The maximum atomic E-state index is 11.4. The number of ether oxygens (including phenoxy) is 5. The Kier molecular flexibility index (Phi) is 5.74. The summed E-state index contributed by atoms with van der Waals surface area (Å²) < 4.78 is 54.5. The lowest BCUT2D eigenvalue weighted by Crippen LogP contribution is -2.47. The molecule has 11 heteroatoms. The number of carbonyl (C=O) groups excluding carboxylic acids is 2. The molecule has 0 unspecified atom stereocenters. The summed E-state index contributed by atoms with van der Waals surface area (Å²) in [6.07, 6.45) is -3.86. The van der Waals surface area contributed by atoms with Crippen LogP contribution in [0.3, 0.4) is 0 Å². The molecule has 144 valence electrons. The van der Waals surface area contributed by atoms with Gasteiger partial charge in [-0.2, -0.15) is 8.42 Å². The van der Waals surface area contributed by atoms with Crippen molar-refractivity contribution in [1.82, 2.24) is 0 Å². The number of fused-ring (bicyclic) bond motifs is 1. The fraction of sp³-hybridized carbons (Fsp3) is 0.857. The molecular weight excluding hydrogens is 360 g/mol. The molecule has 0 aliphatic carbocycles. The van der Waals surface area contributed by atoms with Crippen molar-refractivity contribution in [3.05, 3.63) is 0 Å². The molecule has 2 fully saturated rings. The zero-order chi connectivity index (χ0) is 19.0. The van der Waals surface area contributed by atoms with E-state index in [9.17, 15) is 18.0 Å². The molecule has 0 radical (unpaired) electrons. The Morgan fingerprint density at radius 2 is 1.80 bits per heavy atom. The Labute approximate surface area is 145 Å². The molecule has 0 amide bonds. The van der Waals surface area contributed by atoms with Crippen LogP contribution < -0.4 is 0 Å². The second-order valence-electron chi connectivity index (χ2n) is 6.28. The average molecular weight is 382 g/mol. The molecule has 2 heterocycles. The van der Waals surface area contributed by atoms with Crippen LogP contribution in [0.25, 0.3) is 0 Å². The molecule has 2 aliphatic rings. The molecule has 2 saturated heterocycles. The van der Waals surface area contributed by atoms with Gasteiger partial charge in [-0.1, -0.05) is 0 Å². The highest BCUT2D eigenvalue weighted by molar-refractivity contribution is 7.85. The van der Waals surface area contributed by atoms with Crippen LogP contribution in [0.4, 0.5) is 0 Å². The smallest absolute Gasteiger partial charge is 0.303 e. The quantitative estimate of drug-likeness (QED) is 0.447. The van der Waals surface area contributed by atoms with Crippen molar-refractivity contribution in [3.8, 4) is 0 Å². The van der Waals surface area contributed by atoms with Gasteiger partial charge in [-0.05, 0) is 13.8 Å². The summed E-state index contributed by atoms with van der Waals surface area (Å²) in [5.41, 5.74) is 0. The van der Waals surface area contributed by atoms with Gasteiger partial charge >= 0.3 is 11.9 Å². The molecular formula is C14H22O10S. The lowest BCUT2D eigenvalue weighted by atomic mass is 10.1. The van der Waals surface area contributed by atoms with Crippen LogP contribution in [-0.2, 0) is 47.6 Å². The van der Waals surface area contributed by atoms with Crippen molar-refractivity contribution in [3.63, 3.8) is 0 Å². The van der Waals surface area contributed by atoms with E-state index in [2.05, 4.69) is 0 Å². The molecule has 0 aromatic rings. The molecule has 5 atom stereocenters. The summed E-state index contributed by atoms with van der Waals surface area (Å²) in [4.78, 5) is 22.8. The topological polar surface area (TPSA) is 124 Å². The van der Waals surface area contributed by atoms with Crippen molar-refractivity contribution in [2.45, 2.75) is 64.2 Å². The van der Waals surface area contributed by atoms with Crippen LogP contribution in [0.15, 0.2) is 0 Å². The van der Waals surface area contributed by atoms with Crippen LogP contribution in [0, 0.1) is 0 Å². The monoisotopic (exact) mass is 382 g/mol. The van der Waals surface area contributed by atoms with Crippen LogP contribution in [0.5, 0.6) is 0 Å². The maximum Gasteiger partial charge on any atom is 0.303 e. The van der Waals surface area contributed by atoms with Crippen molar-refractivity contribution >= 4 is 22.1 Å². The summed E-state index contributed by atoms with van der Waals surface area (Å²) in [7, 11) is -3.78. The molecule has 0 saturated carbocycles. The van der Waals surface area contributed by atoms with Crippen LogP contribution in [-0.4, -0.2) is 69.7 Å². The fourth-order valence-electron chi connectivity index (χ4n) is 2.73. The zero-order valence-electron chi connectivity index (χ0n) is 14.6. The molecule has 25 heavy (non-hydrogen) atoms. The average Bonchev–Trinajstić information content (AvgIpc) is 2.86. The van der Waals surface area contributed by atoms with E-state index in [1.54, 1.807) is 13.8 Å². The van der Waals surface area contributed by atoms with Crippen molar-refractivity contribution < 1.29 is 45.9 Å². The number of carbonyl (C=O) groups is 2. The summed E-state index contributed by atoms with van der Waals surface area (Å²) in [5, 5.41) is 0. The number of hydrogen-bond acceptors (Lipinski definition) is 10. The normalized spacial score (nSPS) is 32.0. The van der Waals surface area contributed by atoms with E-state index < -0.39 is 65.2 Å². The maximum absolute atomic E-state index is 11.4. The van der Waals surface area contributed by atoms with E-state index in [0.29, 0.717) is 0 Å². The number of rotatable bonds is 6. The Morgan fingerprint density at radius 1 is 1.16 bits per heavy atom. The van der Waals surface area contributed by atoms with Crippen LogP contribution >= 0.6 is 0 Å². The third-order valence-corrected chi connectivity index (χ3v) is 4.02. The molecule has 10 nitrogen and oxygen atoms in total. The molecule has 2 aliphatic heterocycles. The van der Waals surface area contributed by atoms with Crippen LogP contribution in [0.1, 0.15) is 27.7 Å². The third kappa shape index (κ3) is 5.35. The third-order valence-electron chi connectivity index (χ3n) is 3.46. The van der Waals surface area contributed by atoms with Gasteiger partial charge in [0.05, 0.1) is 6.26 Å². The van der Waals surface area contributed by atoms with E-state index in [1.165, 1.54) is 6.92 Å². The second-order valence-corrected chi connectivity index (χ2v) is 7.92. The highest BCUT2D eigenvalue weighted by atomic mass is 32.2. The molecule has 0 aromatic heterocycles. The van der Waals surface area contributed by atoms with Gasteiger partial charge in [0.1, 0.15) is 12.7 Å². The first-order chi connectivity index (χ1) is 11.4. The predicted molar refractivity (Wildman–Crippen MR) is 80.6 cm³/mol. The van der Waals surface area contributed by atoms with Gasteiger partial charge in [0.2, 0.25) is 0 Å². The lowest BCUT2D eigenvalue weighted by Gasteiger charge is -2.29. The Bertz CT molecular complexity index is 628. The van der Waals surface area contributed by atoms with E-state index in [-0.39, 0.29) is 0 Å². The summed E-state index contributed by atoms with van der Waals surface area (Å²) >= 11 is 0. The SMILES string of the molecule is CC(=O)O[C@H]1[C@H]2OC(C)(C)O[C@@H]2O[C@@H]1[C@@H](COS(C)(=O)=O)OC(C)=O. The Morgan fingerprint density at radius 3 is 2.32 bits per heavy atom. The van der Waals surface area contributed by atoms with Gasteiger partial charge < -0.3 is 23.7 Å². The molecule has 0 spiro atoms. The first-order valence-corrected chi connectivity index (χ1v) is 9.39. The standard InChI is InChI=1S/C14H22O10S/c1-7(15)20-9(6-19-25(5,17)18)10-11(21-8(2)16)12-13(22-10)24-14(3,4)23-12/h9-13H,6H2,1-5H3/t9-,10-,11-,12-,13+/m1/s1. The molecule has 0 aromatic carbocycles. The van der Waals surface area contributed by atoms with E-state index in [4.69, 9.17) is 27.9 Å². The zero-order valence-corrected chi connectivity index (χ0v) is 15.4. The number of hydrogen-bond donors (Lipinski definition) is 0. The van der Waals surface area contributed by atoms with Crippen LogP contribution in [0.2, 0.25) is 0 Å². The van der Waals surface area contributed by atoms with Gasteiger partial charge in [-0.15, -0.1) is 0 Å². The van der Waals surface area contributed by atoms with E-state index in [0.717, 1.165) is 13.2 Å². The van der Waals surface area contributed by atoms with Gasteiger partial charge in [-0.25, -0.2) is 0 Å². The second kappa shape index (κ2) is 7.16. The minimum absolute atomic E-state index is 0.496. The summed E-state index contributed by atoms with van der Waals surface area (Å²) in [5.74, 6) is -2.22. The highest BCUT2D eigenvalue weighted by Crippen LogP contribution is 2.40. The largest absolute Gasteiger partial charge is 0.457 e.